The summed E-state index contributed by atoms with van der Waals surface area (Å²) >= 11 is 0. The first-order valence-electron chi connectivity index (χ1n) is 15.6. The number of amides is 1. The number of nitrogens with two attached hydrogens (primary N) is 1. The average molecular weight is 662 g/mol. The number of halogens is 4. The van der Waals surface area contributed by atoms with E-state index in [0.29, 0.717) is 30.0 Å². The highest BCUT2D eigenvalue weighted by Crippen LogP contribution is 2.50. The van der Waals surface area contributed by atoms with Crippen molar-refractivity contribution in [3.8, 4) is 29.0 Å². The summed E-state index contributed by atoms with van der Waals surface area (Å²) in [6, 6.07) is 13.8. The molecule has 0 bridgehead atoms. The van der Waals surface area contributed by atoms with Gasteiger partial charge in [0.15, 0.2) is 17.3 Å². The lowest BCUT2D eigenvalue weighted by molar-refractivity contribution is -0.144. The lowest BCUT2D eigenvalue weighted by Gasteiger charge is -2.33. The highest BCUT2D eigenvalue weighted by atomic mass is 19.4. The standard InChI is InChI=1S/C34H31F4N7O3/c1-32(24-6-5-20(29(40)46)14-25(24)35)47-27-4-2-3-23(28(27)48-32)19-7-11-45(12-8-19)17-26-21(15-33(18-39)9-10-33)13-22(16-41-26)30-42-31(44-43-30)34(36,37)38/h2-6,13-14,16,19H,7-12,15,17H2,1H3,(H2,40,46)(H,42,43,44)/t32-/m1/s1. The summed E-state index contributed by atoms with van der Waals surface area (Å²) < 4.78 is 66.9. The number of H-pyrrole nitrogens is 1. The van der Waals surface area contributed by atoms with Gasteiger partial charge in [0.05, 0.1) is 22.7 Å². The monoisotopic (exact) mass is 661 g/mol. The van der Waals surface area contributed by atoms with Crippen LogP contribution in [-0.4, -0.2) is 44.1 Å². The third-order valence-corrected chi connectivity index (χ3v) is 9.45. The Morgan fingerprint density at radius 3 is 2.58 bits per heavy atom. The second kappa shape index (κ2) is 11.6. The molecule has 1 atom stereocenters. The number of benzene rings is 2. The number of ether oxygens (including phenoxy) is 2. The zero-order chi connectivity index (χ0) is 33.8. The highest BCUT2D eigenvalue weighted by Gasteiger charge is 2.45. The molecule has 0 unspecified atom stereocenters. The number of nitrogens with one attached hydrogen (secondary N) is 1. The second-order valence-corrected chi connectivity index (χ2v) is 12.8. The van der Waals surface area contributed by atoms with Crippen LogP contribution in [-0.2, 0) is 24.9 Å². The maximum atomic E-state index is 15.1. The SMILES string of the molecule is C[C@@]1(c2ccc(C(N)=O)cc2F)Oc2cccc(C3CCN(Cc4ncc(-c5n[nH]c(C(F)(F)F)n5)cc4CC4(C#N)CC4)CC3)c2O1. The lowest BCUT2D eigenvalue weighted by atomic mass is 9.88. The number of hydrogen-bond donors (Lipinski definition) is 2. The molecule has 2 fully saturated rings. The summed E-state index contributed by atoms with van der Waals surface area (Å²) in [5, 5.41) is 15.5. The molecule has 4 aromatic rings. The number of nitriles is 1. The Bertz CT molecular complexity index is 1940. The molecule has 2 aromatic heterocycles. The summed E-state index contributed by atoms with van der Waals surface area (Å²) in [4.78, 5) is 22.0. The fourth-order valence-corrected chi connectivity index (χ4v) is 6.55. The predicted molar refractivity (Wildman–Crippen MR) is 163 cm³/mol. The predicted octanol–water partition coefficient (Wildman–Crippen LogP) is 5.99. The minimum atomic E-state index is -4.65. The summed E-state index contributed by atoms with van der Waals surface area (Å²) in [7, 11) is 0. The Kier molecular flexibility index (Phi) is 7.62. The molecule has 3 aliphatic rings. The van der Waals surface area contributed by atoms with Gasteiger partial charge in [-0.05, 0) is 87.0 Å². The van der Waals surface area contributed by atoms with Crippen LogP contribution < -0.4 is 15.2 Å². The van der Waals surface area contributed by atoms with Crippen LogP contribution in [0.25, 0.3) is 11.4 Å². The van der Waals surface area contributed by atoms with Crippen molar-refractivity contribution in [2.24, 2.45) is 11.1 Å². The number of aromatic amines is 1. The van der Waals surface area contributed by atoms with E-state index in [4.69, 9.17) is 15.2 Å². The van der Waals surface area contributed by atoms with Crippen LogP contribution in [0, 0.1) is 22.6 Å². The van der Waals surface area contributed by atoms with E-state index in [9.17, 15) is 23.2 Å². The van der Waals surface area contributed by atoms with E-state index < -0.39 is 34.9 Å². The largest absolute Gasteiger partial charge is 0.451 e. The normalized spacial score (nSPS) is 20.4. The number of fused-ring (bicyclic) bond motifs is 1. The maximum absolute atomic E-state index is 15.1. The van der Waals surface area contributed by atoms with E-state index in [1.54, 1.807) is 19.1 Å². The molecule has 1 saturated carbocycles. The molecule has 1 amide bonds. The van der Waals surface area contributed by atoms with Gasteiger partial charge in [0.25, 0.3) is 5.79 Å². The Morgan fingerprint density at radius 1 is 1.17 bits per heavy atom. The van der Waals surface area contributed by atoms with Crippen molar-refractivity contribution in [1.82, 2.24) is 25.1 Å². The van der Waals surface area contributed by atoms with Crippen molar-refractivity contribution in [3.05, 3.63) is 88.3 Å². The Balaban J connectivity index is 1.06. The van der Waals surface area contributed by atoms with E-state index in [-0.39, 0.29) is 22.9 Å². The molecular formula is C34H31F4N7O3. The number of likely N-dealkylation sites (tertiary alicyclic amines) is 1. The van der Waals surface area contributed by atoms with E-state index in [1.807, 2.05) is 17.2 Å². The highest BCUT2D eigenvalue weighted by molar-refractivity contribution is 5.92. The Morgan fingerprint density at radius 2 is 1.94 bits per heavy atom. The second-order valence-electron chi connectivity index (χ2n) is 12.8. The molecule has 2 aromatic carbocycles. The smallest absolute Gasteiger partial charge is 0.444 e. The van der Waals surface area contributed by atoms with Crippen LogP contribution >= 0.6 is 0 Å². The Hall–Kier alpha value is -5.03. The number of carbonyl (C=O) groups excluding carboxylic acids is 1. The van der Waals surface area contributed by atoms with Crippen LogP contribution in [0.2, 0.25) is 0 Å². The van der Waals surface area contributed by atoms with Crippen molar-refractivity contribution >= 4 is 5.91 Å². The molecule has 0 spiro atoms. The average Bonchev–Trinajstić information content (AvgIpc) is 3.46. The van der Waals surface area contributed by atoms with Gasteiger partial charge >= 0.3 is 6.18 Å². The quantitative estimate of drug-likeness (QED) is 0.219. The van der Waals surface area contributed by atoms with Gasteiger partial charge in [0, 0.05) is 36.4 Å². The number of para-hydroxylation sites is 1. The topological polar surface area (TPSA) is 143 Å². The van der Waals surface area contributed by atoms with Crippen LogP contribution in [0.3, 0.4) is 0 Å². The molecule has 1 saturated heterocycles. The fraction of sp³-hybridized carbons (Fsp3) is 0.382. The molecule has 0 radical (unpaired) electrons. The summed E-state index contributed by atoms with van der Waals surface area (Å²) in [6.45, 7) is 3.61. The van der Waals surface area contributed by atoms with Crippen molar-refractivity contribution in [2.45, 2.75) is 63.5 Å². The zero-order valence-electron chi connectivity index (χ0n) is 25.9. The lowest BCUT2D eigenvalue weighted by Crippen LogP contribution is -2.34. The van der Waals surface area contributed by atoms with Gasteiger partial charge in [0.2, 0.25) is 11.7 Å². The van der Waals surface area contributed by atoms with E-state index in [1.165, 1.54) is 18.3 Å². The number of hydrogen-bond acceptors (Lipinski definition) is 8. The van der Waals surface area contributed by atoms with E-state index >= 15 is 4.39 Å². The molecule has 1 aliphatic carbocycles. The van der Waals surface area contributed by atoms with Crippen LogP contribution in [0.1, 0.15) is 77.1 Å². The first-order chi connectivity index (χ1) is 22.9. The van der Waals surface area contributed by atoms with Crippen molar-refractivity contribution in [1.29, 1.82) is 5.26 Å². The molecule has 7 rings (SSSR count). The van der Waals surface area contributed by atoms with Crippen LogP contribution in [0.5, 0.6) is 11.5 Å². The molecule has 248 valence electrons. The number of nitrogens with zero attached hydrogens (tertiary/aromatic N) is 5. The zero-order valence-corrected chi connectivity index (χ0v) is 25.9. The number of carbonyl (C=O) groups is 1. The van der Waals surface area contributed by atoms with Gasteiger partial charge in [-0.25, -0.2) is 9.37 Å². The van der Waals surface area contributed by atoms with Crippen molar-refractivity contribution in [3.63, 3.8) is 0 Å². The van der Waals surface area contributed by atoms with E-state index in [0.717, 1.165) is 61.7 Å². The third kappa shape index (κ3) is 5.94. The molecule has 10 nitrogen and oxygen atoms in total. The molecule has 48 heavy (non-hydrogen) atoms. The molecule has 3 N–H and O–H groups in total. The van der Waals surface area contributed by atoms with Gasteiger partial charge in [-0.15, -0.1) is 0 Å². The van der Waals surface area contributed by atoms with Crippen LogP contribution in [0.4, 0.5) is 17.6 Å². The Labute approximate surface area is 272 Å². The number of rotatable bonds is 8. The van der Waals surface area contributed by atoms with Gasteiger partial charge < -0.3 is 15.2 Å². The first kappa shape index (κ1) is 31.6. The summed E-state index contributed by atoms with van der Waals surface area (Å²) in [5.41, 5.74) is 7.88. The van der Waals surface area contributed by atoms with Crippen molar-refractivity contribution in [2.75, 3.05) is 13.1 Å². The number of primary amides is 1. The molecule has 14 heteroatoms. The third-order valence-electron chi connectivity index (χ3n) is 9.45. The summed E-state index contributed by atoms with van der Waals surface area (Å²) in [5.74, 6) is -2.91. The minimum Gasteiger partial charge on any atom is -0.444 e. The van der Waals surface area contributed by atoms with E-state index in [2.05, 4.69) is 26.0 Å². The van der Waals surface area contributed by atoms with Gasteiger partial charge in [0.1, 0.15) is 5.82 Å². The molecular weight excluding hydrogens is 630 g/mol. The first-order valence-corrected chi connectivity index (χ1v) is 15.6. The van der Waals surface area contributed by atoms with Gasteiger partial charge in [-0.1, -0.05) is 12.1 Å². The van der Waals surface area contributed by atoms with Crippen molar-refractivity contribution < 1.29 is 31.8 Å². The maximum Gasteiger partial charge on any atom is 0.451 e. The van der Waals surface area contributed by atoms with Gasteiger partial charge in [-0.3, -0.25) is 19.8 Å². The minimum absolute atomic E-state index is 0.0485. The van der Waals surface area contributed by atoms with Crippen LogP contribution in [0.15, 0.2) is 48.7 Å². The number of aromatic nitrogens is 4. The number of piperidine rings is 1. The number of alkyl halides is 3. The fourth-order valence-electron chi connectivity index (χ4n) is 6.55. The molecule has 4 heterocycles. The number of pyridine rings is 1. The summed E-state index contributed by atoms with van der Waals surface area (Å²) in [6.07, 6.45) is 0.389. The van der Waals surface area contributed by atoms with Gasteiger partial charge in [-0.2, -0.15) is 23.5 Å². The molecule has 2 aliphatic heterocycles.